The molecule has 0 saturated carbocycles. The van der Waals surface area contributed by atoms with E-state index in [0.717, 1.165) is 24.6 Å². The molecule has 1 aliphatic heterocycles. The second-order valence-corrected chi connectivity index (χ2v) is 4.66. The highest BCUT2D eigenvalue weighted by Crippen LogP contribution is 2.26. The van der Waals surface area contributed by atoms with Crippen molar-refractivity contribution in [2.45, 2.75) is 0 Å². The van der Waals surface area contributed by atoms with Gasteiger partial charge in [-0.15, -0.1) is 0 Å². The van der Waals surface area contributed by atoms with Gasteiger partial charge in [-0.05, 0) is 12.1 Å². The summed E-state index contributed by atoms with van der Waals surface area (Å²) in [5.41, 5.74) is 0.896. The Morgan fingerprint density at radius 2 is 2.12 bits per heavy atom. The third-order valence-electron chi connectivity index (χ3n) is 2.46. The Morgan fingerprint density at radius 1 is 1.38 bits per heavy atom. The Labute approximate surface area is 97.4 Å². The highest BCUT2D eigenvalue weighted by Gasteiger charge is 2.14. The van der Waals surface area contributed by atoms with E-state index in [1.807, 2.05) is 16.7 Å². The lowest BCUT2D eigenvalue weighted by Crippen LogP contribution is -2.32. The molecule has 1 saturated heterocycles. The number of halogens is 1. The number of hydrogen-bond acceptors (Lipinski definition) is 4. The van der Waals surface area contributed by atoms with E-state index in [-0.39, 0.29) is 5.82 Å². The maximum atomic E-state index is 13.7. The van der Waals surface area contributed by atoms with Crippen molar-refractivity contribution in [1.29, 1.82) is 0 Å². The van der Waals surface area contributed by atoms with Crippen LogP contribution in [0.25, 0.3) is 0 Å². The van der Waals surface area contributed by atoms with Gasteiger partial charge in [0.2, 0.25) is 6.08 Å². The van der Waals surface area contributed by atoms with Crippen LogP contribution in [-0.2, 0) is 4.79 Å². The highest BCUT2D eigenvalue weighted by atomic mass is 32.2. The van der Waals surface area contributed by atoms with Gasteiger partial charge in [-0.25, -0.2) is 9.18 Å². The molecular weight excluding hydrogens is 227 g/mol. The fraction of sp³-hybridized carbons (Fsp3) is 0.364. The molecule has 5 heteroatoms. The van der Waals surface area contributed by atoms with Gasteiger partial charge in [-0.1, -0.05) is 0 Å². The van der Waals surface area contributed by atoms with E-state index in [0.29, 0.717) is 11.4 Å². The van der Waals surface area contributed by atoms with Gasteiger partial charge in [0, 0.05) is 30.7 Å². The van der Waals surface area contributed by atoms with E-state index in [1.54, 1.807) is 12.1 Å². The zero-order valence-corrected chi connectivity index (χ0v) is 9.47. The smallest absolute Gasteiger partial charge is 0.240 e. The third-order valence-corrected chi connectivity index (χ3v) is 3.40. The minimum Gasteiger partial charge on any atom is -0.368 e. The summed E-state index contributed by atoms with van der Waals surface area (Å²) >= 11 is 1.88. The summed E-state index contributed by atoms with van der Waals surface area (Å²) in [6.07, 6.45) is 1.40. The minimum atomic E-state index is -0.330. The molecule has 3 nitrogen and oxygen atoms in total. The third kappa shape index (κ3) is 2.43. The molecule has 0 aliphatic carbocycles. The zero-order chi connectivity index (χ0) is 11.4. The average Bonchev–Trinajstić information content (AvgIpc) is 2.31. The SMILES string of the molecule is O=C=Nc1ccc(N2CCSCC2)c(F)c1. The maximum absolute atomic E-state index is 13.7. The summed E-state index contributed by atoms with van der Waals surface area (Å²) in [5, 5.41) is 0. The Balaban J connectivity index is 2.24. The van der Waals surface area contributed by atoms with Crippen molar-refractivity contribution in [3.63, 3.8) is 0 Å². The molecule has 0 unspecified atom stereocenters. The van der Waals surface area contributed by atoms with E-state index in [9.17, 15) is 9.18 Å². The zero-order valence-electron chi connectivity index (χ0n) is 8.65. The van der Waals surface area contributed by atoms with Crippen molar-refractivity contribution in [1.82, 2.24) is 0 Å². The molecule has 84 valence electrons. The molecule has 0 atom stereocenters. The molecule has 0 bridgehead atoms. The second kappa shape index (κ2) is 5.14. The average molecular weight is 238 g/mol. The van der Waals surface area contributed by atoms with Crippen molar-refractivity contribution in [2.24, 2.45) is 4.99 Å². The Bertz CT molecular complexity index is 426. The monoisotopic (exact) mass is 238 g/mol. The Kier molecular flexibility index (Phi) is 3.59. The molecule has 0 N–H and O–H groups in total. The molecule has 0 aromatic heterocycles. The summed E-state index contributed by atoms with van der Waals surface area (Å²) < 4.78 is 13.7. The molecular formula is C11H11FN2OS. The number of hydrogen-bond donors (Lipinski definition) is 0. The van der Waals surface area contributed by atoms with Gasteiger partial charge in [0.1, 0.15) is 5.82 Å². The van der Waals surface area contributed by atoms with Crippen LogP contribution in [0, 0.1) is 5.82 Å². The molecule has 16 heavy (non-hydrogen) atoms. The predicted molar refractivity (Wildman–Crippen MR) is 63.7 cm³/mol. The molecule has 1 fully saturated rings. The lowest BCUT2D eigenvalue weighted by atomic mass is 10.2. The molecule has 1 aromatic carbocycles. The van der Waals surface area contributed by atoms with Gasteiger partial charge >= 0.3 is 0 Å². The Hall–Kier alpha value is -1.32. The van der Waals surface area contributed by atoms with E-state index in [1.165, 1.54) is 12.1 Å². The van der Waals surface area contributed by atoms with Gasteiger partial charge in [-0.2, -0.15) is 16.8 Å². The first-order valence-electron chi connectivity index (χ1n) is 5.01. The highest BCUT2D eigenvalue weighted by molar-refractivity contribution is 7.99. The standard InChI is InChI=1S/C11H11FN2OS/c12-10-7-9(13-8-15)1-2-11(10)14-3-5-16-6-4-14/h1-2,7H,3-6H2. The van der Waals surface area contributed by atoms with E-state index < -0.39 is 0 Å². The van der Waals surface area contributed by atoms with E-state index in [4.69, 9.17) is 0 Å². The predicted octanol–water partition coefficient (Wildman–Crippen LogP) is 2.35. The van der Waals surface area contributed by atoms with Crippen molar-refractivity contribution < 1.29 is 9.18 Å². The lowest BCUT2D eigenvalue weighted by molar-refractivity contribution is 0.565. The molecule has 1 aliphatic rings. The summed E-state index contributed by atoms with van der Waals surface area (Å²) in [6, 6.07) is 4.56. The number of carbonyl (C=O) groups excluding carboxylic acids is 1. The van der Waals surface area contributed by atoms with Crippen LogP contribution < -0.4 is 4.90 Å². The molecule has 2 rings (SSSR count). The van der Waals surface area contributed by atoms with Crippen LogP contribution in [0.4, 0.5) is 15.8 Å². The summed E-state index contributed by atoms with van der Waals surface area (Å²) in [6.45, 7) is 1.72. The Morgan fingerprint density at radius 3 is 2.75 bits per heavy atom. The van der Waals surface area contributed by atoms with E-state index in [2.05, 4.69) is 4.99 Å². The van der Waals surface area contributed by atoms with Gasteiger partial charge in [0.15, 0.2) is 0 Å². The van der Waals surface area contributed by atoms with Crippen molar-refractivity contribution in [3.8, 4) is 0 Å². The number of aliphatic imine (C=N–C) groups is 1. The molecule has 0 radical (unpaired) electrons. The van der Waals surface area contributed by atoms with Crippen LogP contribution in [0.5, 0.6) is 0 Å². The molecule has 1 aromatic rings. The minimum absolute atomic E-state index is 0.308. The van der Waals surface area contributed by atoms with Crippen LogP contribution >= 0.6 is 11.8 Å². The van der Waals surface area contributed by atoms with Gasteiger partial charge in [0.05, 0.1) is 11.4 Å². The first kappa shape index (κ1) is 11.2. The number of benzene rings is 1. The van der Waals surface area contributed by atoms with Crippen LogP contribution in [-0.4, -0.2) is 30.7 Å². The van der Waals surface area contributed by atoms with Gasteiger partial charge < -0.3 is 4.90 Å². The fourth-order valence-corrected chi connectivity index (χ4v) is 2.58. The quantitative estimate of drug-likeness (QED) is 0.585. The van der Waals surface area contributed by atoms with Gasteiger partial charge in [-0.3, -0.25) is 0 Å². The van der Waals surface area contributed by atoms with Crippen molar-refractivity contribution in [2.75, 3.05) is 29.5 Å². The molecule has 0 spiro atoms. The number of isocyanates is 1. The fourth-order valence-electron chi connectivity index (χ4n) is 1.68. The number of rotatable bonds is 2. The van der Waals surface area contributed by atoms with Crippen LogP contribution in [0.15, 0.2) is 23.2 Å². The topological polar surface area (TPSA) is 32.7 Å². The lowest BCUT2D eigenvalue weighted by Gasteiger charge is -2.28. The van der Waals surface area contributed by atoms with Crippen LogP contribution in [0.1, 0.15) is 0 Å². The number of nitrogens with zero attached hydrogens (tertiary/aromatic N) is 2. The first-order chi connectivity index (χ1) is 7.81. The van der Waals surface area contributed by atoms with Gasteiger partial charge in [0.25, 0.3) is 0 Å². The largest absolute Gasteiger partial charge is 0.368 e. The van der Waals surface area contributed by atoms with Crippen LogP contribution in [0.2, 0.25) is 0 Å². The summed E-state index contributed by atoms with van der Waals surface area (Å²) in [7, 11) is 0. The van der Waals surface area contributed by atoms with Crippen molar-refractivity contribution >= 4 is 29.2 Å². The second-order valence-electron chi connectivity index (χ2n) is 3.44. The van der Waals surface area contributed by atoms with Crippen LogP contribution in [0.3, 0.4) is 0 Å². The summed E-state index contributed by atoms with van der Waals surface area (Å²) in [4.78, 5) is 15.4. The number of thioether (sulfide) groups is 1. The number of anilines is 1. The molecule has 0 amide bonds. The van der Waals surface area contributed by atoms with E-state index >= 15 is 0 Å². The molecule has 1 heterocycles. The normalized spacial score (nSPS) is 15.7. The first-order valence-corrected chi connectivity index (χ1v) is 6.17. The maximum Gasteiger partial charge on any atom is 0.240 e. The van der Waals surface area contributed by atoms with Crippen molar-refractivity contribution in [3.05, 3.63) is 24.0 Å². The summed E-state index contributed by atoms with van der Waals surface area (Å²) in [5.74, 6) is 1.71.